The lowest BCUT2D eigenvalue weighted by atomic mass is 9.63. The molecule has 190 valence electrons. The Labute approximate surface area is 210 Å². The summed E-state index contributed by atoms with van der Waals surface area (Å²) in [7, 11) is 3.89. The zero-order chi connectivity index (χ0) is 25.2. The Hall–Kier alpha value is -2.25. The fourth-order valence-electron chi connectivity index (χ4n) is 5.27. The second-order valence-corrected chi connectivity index (χ2v) is 10.5. The van der Waals surface area contributed by atoms with Crippen molar-refractivity contribution in [1.82, 2.24) is 9.80 Å². The molecule has 0 bridgehead atoms. The van der Waals surface area contributed by atoms with Crippen molar-refractivity contribution in [2.75, 3.05) is 33.7 Å². The summed E-state index contributed by atoms with van der Waals surface area (Å²) < 4.78 is 45.1. The van der Waals surface area contributed by atoms with Crippen LogP contribution in [-0.4, -0.2) is 55.5 Å². The topological polar surface area (TPSA) is 32.8 Å². The number of amides is 1. The molecule has 0 spiro atoms. The molecule has 1 aliphatic heterocycles. The normalized spacial score (nSPS) is 20.9. The first kappa shape index (κ1) is 25.8. The molecule has 1 aliphatic carbocycles. The number of ether oxygens (including phenoxy) is 1. The van der Waals surface area contributed by atoms with Crippen LogP contribution in [0.4, 0.5) is 13.2 Å². The molecule has 4 rings (SSSR count). The summed E-state index contributed by atoms with van der Waals surface area (Å²) in [5, 5.41) is 0.653. The van der Waals surface area contributed by atoms with Gasteiger partial charge in [0.25, 0.3) is 0 Å². The van der Waals surface area contributed by atoms with Crippen molar-refractivity contribution in [3.63, 3.8) is 0 Å². The lowest BCUT2D eigenvalue weighted by molar-refractivity contribution is -0.143. The first-order chi connectivity index (χ1) is 16.6. The van der Waals surface area contributed by atoms with E-state index >= 15 is 0 Å². The van der Waals surface area contributed by atoms with Crippen molar-refractivity contribution in [1.29, 1.82) is 0 Å². The van der Waals surface area contributed by atoms with Crippen LogP contribution in [0, 0.1) is 5.92 Å². The maximum atomic E-state index is 13.8. The Kier molecular flexibility index (Phi) is 7.67. The number of likely N-dealkylation sites (N-methyl/N-ethyl adjacent to an activating group) is 1. The van der Waals surface area contributed by atoms with Crippen molar-refractivity contribution >= 4 is 17.5 Å². The minimum Gasteiger partial charge on any atom is -0.489 e. The van der Waals surface area contributed by atoms with Crippen LogP contribution in [0.2, 0.25) is 5.02 Å². The van der Waals surface area contributed by atoms with E-state index in [4.69, 9.17) is 16.3 Å². The van der Waals surface area contributed by atoms with Gasteiger partial charge in [-0.2, -0.15) is 13.2 Å². The molecule has 2 unspecified atom stereocenters. The van der Waals surface area contributed by atoms with Crippen LogP contribution in [0.15, 0.2) is 48.5 Å². The number of rotatable bonds is 7. The summed E-state index contributed by atoms with van der Waals surface area (Å²) >= 11 is 6.08. The largest absolute Gasteiger partial charge is 0.489 e. The molecule has 1 saturated carbocycles. The number of halogens is 4. The molecule has 0 N–H and O–H groups in total. The third-order valence-corrected chi connectivity index (χ3v) is 7.55. The van der Waals surface area contributed by atoms with Crippen LogP contribution in [0.1, 0.15) is 43.2 Å². The maximum Gasteiger partial charge on any atom is 0.416 e. The molecule has 1 amide bonds. The molecule has 8 heteroatoms. The zero-order valence-corrected chi connectivity index (χ0v) is 20.9. The first-order valence-electron chi connectivity index (χ1n) is 12.1. The highest BCUT2D eigenvalue weighted by Gasteiger charge is 2.48. The monoisotopic (exact) mass is 508 g/mol. The van der Waals surface area contributed by atoms with Gasteiger partial charge in [0, 0.05) is 30.6 Å². The Morgan fingerprint density at radius 3 is 2.31 bits per heavy atom. The smallest absolute Gasteiger partial charge is 0.416 e. The van der Waals surface area contributed by atoms with E-state index in [1.165, 1.54) is 12.1 Å². The van der Waals surface area contributed by atoms with Gasteiger partial charge < -0.3 is 14.5 Å². The summed E-state index contributed by atoms with van der Waals surface area (Å²) in [6.07, 6.45) is -0.177. The predicted molar refractivity (Wildman–Crippen MR) is 131 cm³/mol. The van der Waals surface area contributed by atoms with Gasteiger partial charge in [-0.25, -0.2) is 0 Å². The molecule has 2 fully saturated rings. The number of piperidine rings is 1. The van der Waals surface area contributed by atoms with E-state index in [0.29, 0.717) is 30.4 Å². The van der Waals surface area contributed by atoms with E-state index < -0.39 is 17.2 Å². The van der Waals surface area contributed by atoms with Gasteiger partial charge in [0.2, 0.25) is 5.91 Å². The van der Waals surface area contributed by atoms with Crippen LogP contribution >= 0.6 is 11.6 Å². The molecule has 1 saturated heterocycles. The van der Waals surface area contributed by atoms with Gasteiger partial charge in [-0.3, -0.25) is 4.79 Å². The summed E-state index contributed by atoms with van der Waals surface area (Å²) in [4.78, 5) is 17.8. The van der Waals surface area contributed by atoms with Gasteiger partial charge in [-0.15, -0.1) is 0 Å². The number of carbonyl (C=O) groups excluding carboxylic acids is 1. The second-order valence-electron chi connectivity index (χ2n) is 10.0. The Bertz CT molecular complexity index is 1000. The van der Waals surface area contributed by atoms with Gasteiger partial charge in [-0.05, 0) is 81.7 Å². The highest BCUT2D eigenvalue weighted by molar-refractivity contribution is 6.30. The molecule has 2 aromatic rings. The van der Waals surface area contributed by atoms with E-state index in [-0.39, 0.29) is 17.9 Å². The molecule has 1 heterocycles. The average Bonchev–Trinajstić information content (AvgIpc) is 2.78. The average molecular weight is 509 g/mol. The molecule has 2 atom stereocenters. The van der Waals surface area contributed by atoms with Gasteiger partial charge in [0.1, 0.15) is 11.9 Å². The molecular formula is C27H32ClF3N2O2. The van der Waals surface area contributed by atoms with E-state index in [1.807, 2.05) is 48.2 Å². The Morgan fingerprint density at radius 1 is 1.11 bits per heavy atom. The zero-order valence-electron chi connectivity index (χ0n) is 20.2. The van der Waals surface area contributed by atoms with Gasteiger partial charge in [0.15, 0.2) is 0 Å². The molecule has 0 aromatic heterocycles. The van der Waals surface area contributed by atoms with E-state index in [2.05, 4.69) is 0 Å². The minimum absolute atomic E-state index is 0.0831. The molecule has 2 aromatic carbocycles. The fourth-order valence-corrected chi connectivity index (χ4v) is 5.39. The van der Waals surface area contributed by atoms with Crippen molar-refractivity contribution in [2.24, 2.45) is 5.92 Å². The molecule has 4 nitrogen and oxygen atoms in total. The molecular weight excluding hydrogens is 477 g/mol. The lowest BCUT2D eigenvalue weighted by Gasteiger charge is -2.46. The van der Waals surface area contributed by atoms with Gasteiger partial charge in [-0.1, -0.05) is 30.2 Å². The van der Waals surface area contributed by atoms with Crippen LogP contribution in [-0.2, 0) is 16.4 Å². The number of likely N-dealkylation sites (tertiary alicyclic amines) is 1. The molecule has 0 radical (unpaired) electrons. The van der Waals surface area contributed by atoms with Crippen molar-refractivity contribution in [3.05, 3.63) is 64.7 Å². The Balaban J connectivity index is 1.49. The summed E-state index contributed by atoms with van der Waals surface area (Å²) in [5.41, 5.74) is -0.166. The highest BCUT2D eigenvalue weighted by atomic mass is 35.5. The number of nitrogens with zero attached hydrogens (tertiary/aromatic N) is 2. The number of alkyl halides is 3. The third-order valence-electron chi connectivity index (χ3n) is 7.30. The fraction of sp³-hybridized carbons (Fsp3) is 0.519. The number of hydrogen-bond donors (Lipinski definition) is 0. The minimum atomic E-state index is -4.38. The highest BCUT2D eigenvalue weighted by Crippen LogP contribution is 2.46. The Morgan fingerprint density at radius 2 is 1.77 bits per heavy atom. The summed E-state index contributed by atoms with van der Waals surface area (Å²) in [6.45, 7) is 1.89. The van der Waals surface area contributed by atoms with Crippen LogP contribution in [0.3, 0.4) is 0 Å². The van der Waals surface area contributed by atoms with Crippen molar-refractivity contribution in [2.45, 2.75) is 49.8 Å². The van der Waals surface area contributed by atoms with Crippen LogP contribution in [0.5, 0.6) is 5.75 Å². The SMILES string of the molecule is CN(C)CC(Oc1ccc(C(F)(F)F)cc1)C1CCCN(C(=O)C2(c3ccc(Cl)cc3)CCC2)C1. The van der Waals surface area contributed by atoms with Crippen LogP contribution in [0.25, 0.3) is 0 Å². The van der Waals surface area contributed by atoms with Gasteiger partial charge in [0.05, 0.1) is 11.0 Å². The lowest BCUT2D eigenvalue weighted by Crippen LogP contribution is -2.55. The number of carbonyl (C=O) groups is 1. The maximum absolute atomic E-state index is 13.8. The number of hydrogen-bond acceptors (Lipinski definition) is 3. The summed E-state index contributed by atoms with van der Waals surface area (Å²) in [6, 6.07) is 12.5. The van der Waals surface area contributed by atoms with E-state index in [9.17, 15) is 18.0 Å². The third kappa shape index (κ3) is 5.78. The van der Waals surface area contributed by atoms with Crippen LogP contribution < -0.4 is 4.74 Å². The van der Waals surface area contributed by atoms with Crippen molar-refractivity contribution < 1.29 is 22.7 Å². The molecule has 2 aliphatic rings. The quantitative estimate of drug-likeness (QED) is 0.458. The molecule has 35 heavy (non-hydrogen) atoms. The van der Waals surface area contributed by atoms with E-state index in [0.717, 1.165) is 49.8 Å². The van der Waals surface area contributed by atoms with Crippen molar-refractivity contribution in [3.8, 4) is 5.75 Å². The first-order valence-corrected chi connectivity index (χ1v) is 12.5. The standard InChI is InChI=1S/C27H32ClF3N2O2/c1-32(2)18-24(35-23-12-8-21(9-13-23)27(29,30)31)19-5-3-16-33(17-19)25(34)26(14-4-15-26)20-6-10-22(28)11-7-20/h6-13,19,24H,3-5,14-18H2,1-2H3. The van der Waals surface area contributed by atoms with E-state index in [1.54, 1.807) is 0 Å². The van der Waals surface area contributed by atoms with Gasteiger partial charge >= 0.3 is 6.18 Å². The number of benzene rings is 2. The predicted octanol–water partition coefficient (Wildman–Crippen LogP) is 6.03. The summed E-state index contributed by atoms with van der Waals surface area (Å²) in [5.74, 6) is 0.651. The second kappa shape index (κ2) is 10.4.